The van der Waals surface area contributed by atoms with Gasteiger partial charge in [0.15, 0.2) is 0 Å². The van der Waals surface area contributed by atoms with E-state index in [-0.39, 0.29) is 12.3 Å². The molecule has 6 heteroatoms. The van der Waals surface area contributed by atoms with Gasteiger partial charge >= 0.3 is 0 Å². The first kappa shape index (κ1) is 15.8. The largest absolute Gasteiger partial charge is 0.369 e. The molecular weight excluding hydrogens is 334 g/mol. The highest BCUT2D eigenvalue weighted by molar-refractivity contribution is 7.21. The molecule has 2 heterocycles. The number of rotatable bonds is 3. The lowest BCUT2D eigenvalue weighted by atomic mass is 10.1. The minimum absolute atomic E-state index is 0.0559. The third-order valence-electron chi connectivity index (χ3n) is 4.56. The van der Waals surface area contributed by atoms with Crippen LogP contribution in [-0.4, -0.2) is 23.3 Å². The van der Waals surface area contributed by atoms with Gasteiger partial charge in [-0.05, 0) is 42.8 Å². The van der Waals surface area contributed by atoms with E-state index >= 15 is 0 Å². The topological polar surface area (TPSA) is 76.3 Å². The number of aromatic nitrogens is 1. The third-order valence-corrected chi connectivity index (χ3v) is 5.64. The lowest BCUT2D eigenvalue weighted by Crippen LogP contribution is -2.28. The molecule has 1 aromatic heterocycles. The van der Waals surface area contributed by atoms with Crippen molar-refractivity contribution >= 4 is 39.1 Å². The molecule has 2 N–H and O–H groups in total. The molecule has 3 aromatic rings. The van der Waals surface area contributed by atoms with Gasteiger partial charge in [-0.1, -0.05) is 12.1 Å². The van der Waals surface area contributed by atoms with Gasteiger partial charge in [0, 0.05) is 24.2 Å². The van der Waals surface area contributed by atoms with Gasteiger partial charge in [-0.3, -0.25) is 9.59 Å². The van der Waals surface area contributed by atoms with Crippen molar-refractivity contribution in [3.8, 4) is 10.6 Å². The van der Waals surface area contributed by atoms with Gasteiger partial charge in [-0.25, -0.2) is 4.98 Å². The predicted octanol–water partition coefficient (Wildman–Crippen LogP) is 3.11. The van der Waals surface area contributed by atoms with E-state index in [0.717, 1.165) is 32.0 Å². The molecule has 1 aliphatic heterocycles. The Morgan fingerprint density at radius 2 is 2.08 bits per heavy atom. The number of nitrogens with two attached hydrogens (primary N) is 1. The third kappa shape index (κ3) is 2.78. The van der Waals surface area contributed by atoms with Crippen LogP contribution in [0.5, 0.6) is 0 Å². The fraction of sp³-hybridized carbons (Fsp3) is 0.211. The second-order valence-corrected chi connectivity index (χ2v) is 7.33. The number of aryl methyl sites for hydroxylation is 1. The van der Waals surface area contributed by atoms with Crippen LogP contribution in [0.1, 0.15) is 12.0 Å². The number of carbonyl (C=O) groups excluding carboxylic acids is 2. The Hall–Kier alpha value is -2.73. The van der Waals surface area contributed by atoms with Crippen LogP contribution >= 0.6 is 11.3 Å². The van der Waals surface area contributed by atoms with Gasteiger partial charge in [-0.15, -0.1) is 11.3 Å². The van der Waals surface area contributed by atoms with Crippen molar-refractivity contribution in [2.75, 3.05) is 11.4 Å². The lowest BCUT2D eigenvalue weighted by molar-refractivity contribution is -0.123. The number of anilines is 1. The van der Waals surface area contributed by atoms with E-state index in [4.69, 9.17) is 5.73 Å². The minimum atomic E-state index is -0.417. The zero-order valence-electron chi connectivity index (χ0n) is 13.7. The summed E-state index contributed by atoms with van der Waals surface area (Å²) in [4.78, 5) is 29.9. The van der Waals surface area contributed by atoms with Crippen molar-refractivity contribution in [1.82, 2.24) is 4.98 Å². The normalized spacial score (nSPS) is 17.4. The van der Waals surface area contributed by atoms with Gasteiger partial charge < -0.3 is 10.6 Å². The van der Waals surface area contributed by atoms with Crippen LogP contribution in [-0.2, 0) is 9.59 Å². The number of para-hydroxylation sites is 1. The summed E-state index contributed by atoms with van der Waals surface area (Å²) in [5.74, 6) is -0.880. The van der Waals surface area contributed by atoms with Crippen LogP contribution < -0.4 is 10.6 Å². The molecule has 0 aliphatic carbocycles. The first-order valence-electron chi connectivity index (χ1n) is 8.09. The van der Waals surface area contributed by atoms with Crippen molar-refractivity contribution in [3.05, 3.63) is 48.0 Å². The highest BCUT2D eigenvalue weighted by atomic mass is 32.1. The fourth-order valence-corrected chi connectivity index (χ4v) is 4.18. The molecule has 1 atom stereocenters. The van der Waals surface area contributed by atoms with E-state index in [1.165, 1.54) is 0 Å². The van der Waals surface area contributed by atoms with Gasteiger partial charge in [0.05, 0.1) is 16.1 Å². The molecule has 25 heavy (non-hydrogen) atoms. The summed E-state index contributed by atoms with van der Waals surface area (Å²) in [7, 11) is 0. The highest BCUT2D eigenvalue weighted by Gasteiger charge is 2.34. The number of nitrogens with zero attached hydrogens (tertiary/aromatic N) is 2. The molecule has 0 bridgehead atoms. The average molecular weight is 351 g/mol. The zero-order chi connectivity index (χ0) is 17.6. The summed E-state index contributed by atoms with van der Waals surface area (Å²) in [6.07, 6.45) is 0.189. The molecule has 0 saturated carbocycles. The van der Waals surface area contributed by atoms with Crippen molar-refractivity contribution in [3.63, 3.8) is 0 Å². The first-order valence-corrected chi connectivity index (χ1v) is 8.91. The Morgan fingerprint density at radius 1 is 1.28 bits per heavy atom. The predicted molar refractivity (Wildman–Crippen MR) is 99.4 cm³/mol. The number of hydrogen-bond acceptors (Lipinski definition) is 4. The molecule has 1 unspecified atom stereocenters. The molecule has 1 fully saturated rings. The molecule has 1 aliphatic rings. The van der Waals surface area contributed by atoms with Crippen LogP contribution in [0.4, 0.5) is 5.69 Å². The molecule has 1 saturated heterocycles. The Bertz CT molecular complexity index is 962. The SMILES string of the molecule is Cc1cc(-c2nc3ccccc3s2)ccc1N1CC(C(N)=O)CC1=O. The van der Waals surface area contributed by atoms with E-state index in [1.807, 2.05) is 43.3 Å². The maximum atomic E-state index is 12.2. The molecular formula is C19H17N3O2S. The minimum Gasteiger partial charge on any atom is -0.369 e. The quantitative estimate of drug-likeness (QED) is 0.788. The van der Waals surface area contributed by atoms with Crippen LogP contribution in [0.2, 0.25) is 0 Å². The number of fused-ring (bicyclic) bond motifs is 1. The van der Waals surface area contributed by atoms with Gasteiger partial charge in [0.2, 0.25) is 11.8 Å². The summed E-state index contributed by atoms with van der Waals surface area (Å²) in [5.41, 5.74) is 9.18. The van der Waals surface area contributed by atoms with Crippen LogP contribution in [0.3, 0.4) is 0 Å². The van der Waals surface area contributed by atoms with Crippen molar-refractivity contribution < 1.29 is 9.59 Å². The highest BCUT2D eigenvalue weighted by Crippen LogP contribution is 2.34. The standard InChI is InChI=1S/C19H17N3O2S/c1-11-8-12(19-21-14-4-2-3-5-16(14)25-19)6-7-15(11)22-10-13(18(20)24)9-17(22)23/h2-8,13H,9-10H2,1H3,(H2,20,24). The molecule has 5 nitrogen and oxygen atoms in total. The van der Waals surface area contributed by atoms with Gasteiger partial charge in [0.1, 0.15) is 5.01 Å². The first-order chi connectivity index (χ1) is 12.0. The monoisotopic (exact) mass is 351 g/mol. The van der Waals surface area contributed by atoms with E-state index in [9.17, 15) is 9.59 Å². The van der Waals surface area contributed by atoms with E-state index in [1.54, 1.807) is 16.2 Å². The summed E-state index contributed by atoms with van der Waals surface area (Å²) in [6.45, 7) is 2.33. The number of amides is 2. The van der Waals surface area contributed by atoms with E-state index in [2.05, 4.69) is 11.1 Å². The molecule has 0 radical (unpaired) electrons. The number of thiazole rings is 1. The Morgan fingerprint density at radius 3 is 2.76 bits per heavy atom. The second-order valence-electron chi connectivity index (χ2n) is 6.30. The van der Waals surface area contributed by atoms with Crippen LogP contribution in [0.25, 0.3) is 20.8 Å². The fourth-order valence-electron chi connectivity index (χ4n) is 3.22. The number of primary amides is 1. The zero-order valence-corrected chi connectivity index (χ0v) is 14.5. The average Bonchev–Trinajstić information content (AvgIpc) is 3.18. The maximum Gasteiger partial charge on any atom is 0.227 e. The Kier molecular flexibility index (Phi) is 3.77. The number of hydrogen-bond donors (Lipinski definition) is 1. The van der Waals surface area contributed by atoms with E-state index in [0.29, 0.717) is 6.54 Å². The molecule has 2 aromatic carbocycles. The Labute approximate surface area is 149 Å². The van der Waals surface area contributed by atoms with Crippen LogP contribution in [0.15, 0.2) is 42.5 Å². The molecule has 0 spiro atoms. The summed E-state index contributed by atoms with van der Waals surface area (Å²) < 4.78 is 1.15. The van der Waals surface area contributed by atoms with Crippen LogP contribution in [0, 0.1) is 12.8 Å². The molecule has 4 rings (SSSR count). The number of benzene rings is 2. The smallest absolute Gasteiger partial charge is 0.227 e. The Balaban J connectivity index is 1.67. The number of carbonyl (C=O) groups is 2. The summed E-state index contributed by atoms with van der Waals surface area (Å²) in [6, 6.07) is 14.0. The van der Waals surface area contributed by atoms with Crippen molar-refractivity contribution in [2.24, 2.45) is 11.7 Å². The summed E-state index contributed by atoms with van der Waals surface area (Å²) >= 11 is 1.65. The summed E-state index contributed by atoms with van der Waals surface area (Å²) in [5, 5.41) is 0.957. The second kappa shape index (κ2) is 5.97. The van der Waals surface area contributed by atoms with Crippen molar-refractivity contribution in [1.29, 1.82) is 0 Å². The van der Waals surface area contributed by atoms with Gasteiger partial charge in [0.25, 0.3) is 0 Å². The molecule has 2 amide bonds. The molecule has 126 valence electrons. The van der Waals surface area contributed by atoms with E-state index < -0.39 is 11.8 Å². The lowest BCUT2D eigenvalue weighted by Gasteiger charge is -2.19. The van der Waals surface area contributed by atoms with Gasteiger partial charge in [-0.2, -0.15) is 0 Å². The van der Waals surface area contributed by atoms with Crippen molar-refractivity contribution in [2.45, 2.75) is 13.3 Å². The maximum absolute atomic E-state index is 12.2.